The maximum atomic E-state index is 12.0. The number of aromatic nitrogens is 2. The summed E-state index contributed by atoms with van der Waals surface area (Å²) in [6.45, 7) is 2.02. The third-order valence-corrected chi connectivity index (χ3v) is 5.04. The molecule has 0 aliphatic heterocycles. The van der Waals surface area contributed by atoms with Crippen LogP contribution in [0.5, 0.6) is 0 Å². The van der Waals surface area contributed by atoms with Crippen LogP contribution in [-0.4, -0.2) is 28.6 Å². The van der Waals surface area contributed by atoms with Gasteiger partial charge in [-0.3, -0.25) is 15.1 Å². The zero-order valence-electron chi connectivity index (χ0n) is 13.2. The fourth-order valence-corrected chi connectivity index (χ4v) is 3.72. The minimum absolute atomic E-state index is 0.0994. The maximum absolute atomic E-state index is 12.0. The lowest BCUT2D eigenvalue weighted by Crippen LogP contribution is -2.24. The highest BCUT2D eigenvalue weighted by atomic mass is 32.1. The molecule has 1 aliphatic rings. The minimum Gasteiger partial charge on any atom is -0.368 e. The average molecular weight is 331 g/mol. The molecule has 0 radical (unpaired) electrons. The first-order valence-corrected chi connectivity index (χ1v) is 8.84. The number of hydrogen-bond acceptors (Lipinski definition) is 5. The van der Waals surface area contributed by atoms with E-state index < -0.39 is 0 Å². The zero-order valence-corrected chi connectivity index (χ0v) is 14.1. The largest absolute Gasteiger partial charge is 0.368 e. The topological polar surface area (TPSA) is 64.1 Å². The van der Waals surface area contributed by atoms with Crippen molar-refractivity contribution in [3.8, 4) is 10.6 Å². The van der Waals surface area contributed by atoms with Gasteiger partial charge in [0.05, 0.1) is 22.4 Å². The molecular weight excluding hydrogens is 310 g/mol. The van der Waals surface area contributed by atoms with Gasteiger partial charge in [0, 0.05) is 6.20 Å². The van der Waals surface area contributed by atoms with E-state index in [1.165, 1.54) is 30.6 Å². The van der Waals surface area contributed by atoms with E-state index in [1.807, 2.05) is 25.1 Å². The molecule has 2 aromatic heterocycles. The molecule has 0 bridgehead atoms. The van der Waals surface area contributed by atoms with Crippen LogP contribution >= 0.6 is 11.3 Å². The summed E-state index contributed by atoms with van der Waals surface area (Å²) in [7, 11) is 0. The van der Waals surface area contributed by atoms with Crippen molar-refractivity contribution >= 4 is 22.4 Å². The number of aryl methyl sites for hydroxylation is 1. The minimum atomic E-state index is -0.142. The van der Waals surface area contributed by atoms with Gasteiger partial charge in [-0.05, 0) is 31.9 Å². The first-order chi connectivity index (χ1) is 11.2. The summed E-state index contributed by atoms with van der Waals surface area (Å²) in [6, 6.07) is 5.77. The summed E-state index contributed by atoms with van der Waals surface area (Å²) in [4.78, 5) is 21.8. The molecule has 1 aliphatic carbocycles. The Morgan fingerprint density at radius 2 is 2.17 bits per heavy atom. The molecule has 2 aromatic rings. The van der Waals surface area contributed by atoms with Crippen molar-refractivity contribution in [2.75, 3.05) is 11.9 Å². The van der Waals surface area contributed by atoms with Gasteiger partial charge >= 0.3 is 0 Å². The monoisotopic (exact) mass is 331 g/mol. The predicted octanol–water partition coefficient (Wildman–Crippen LogP) is 3.80. The van der Waals surface area contributed by atoms with Gasteiger partial charge in [0.1, 0.15) is 6.61 Å². The molecular formula is C17H21N3O2S. The Morgan fingerprint density at radius 1 is 1.35 bits per heavy atom. The number of carbonyl (C=O) groups excluding carboxylic acids is 1. The molecule has 0 aromatic carbocycles. The number of hydrogen-bond donors (Lipinski definition) is 1. The third-order valence-electron chi connectivity index (χ3n) is 3.94. The van der Waals surface area contributed by atoms with Gasteiger partial charge in [-0.15, -0.1) is 0 Å². The number of nitrogens with one attached hydrogen (secondary N) is 1. The SMILES string of the molecule is Cc1nc(NC(=O)COC2CCCCC2)sc1-c1ccccn1. The smallest absolute Gasteiger partial charge is 0.252 e. The van der Waals surface area contributed by atoms with E-state index in [0.29, 0.717) is 5.13 Å². The third kappa shape index (κ3) is 4.36. The first-order valence-electron chi connectivity index (χ1n) is 8.02. The van der Waals surface area contributed by atoms with Crippen LogP contribution in [0.2, 0.25) is 0 Å². The summed E-state index contributed by atoms with van der Waals surface area (Å²) in [6.07, 6.45) is 7.79. The molecule has 1 N–H and O–H groups in total. The maximum Gasteiger partial charge on any atom is 0.252 e. The molecule has 0 unspecified atom stereocenters. The molecule has 6 heteroatoms. The molecule has 3 rings (SSSR count). The van der Waals surface area contributed by atoms with Crippen LogP contribution in [0.15, 0.2) is 24.4 Å². The van der Waals surface area contributed by atoms with Crippen LogP contribution in [0.3, 0.4) is 0 Å². The normalized spacial score (nSPS) is 15.5. The van der Waals surface area contributed by atoms with Crippen LogP contribution in [0.1, 0.15) is 37.8 Å². The number of anilines is 1. The van der Waals surface area contributed by atoms with E-state index in [4.69, 9.17) is 4.74 Å². The second-order valence-electron chi connectivity index (χ2n) is 5.77. The lowest BCUT2D eigenvalue weighted by Gasteiger charge is -2.21. The number of amides is 1. The van der Waals surface area contributed by atoms with E-state index in [9.17, 15) is 4.79 Å². The van der Waals surface area contributed by atoms with E-state index >= 15 is 0 Å². The van der Waals surface area contributed by atoms with Crippen LogP contribution in [0.25, 0.3) is 10.6 Å². The number of ether oxygens (including phenoxy) is 1. The molecule has 1 saturated carbocycles. The molecule has 5 nitrogen and oxygen atoms in total. The van der Waals surface area contributed by atoms with Gasteiger partial charge in [0.25, 0.3) is 5.91 Å². The van der Waals surface area contributed by atoms with Crippen LogP contribution in [0, 0.1) is 6.92 Å². The van der Waals surface area contributed by atoms with Gasteiger partial charge in [-0.25, -0.2) is 4.98 Å². The summed E-state index contributed by atoms with van der Waals surface area (Å²) < 4.78 is 5.69. The second kappa shape index (κ2) is 7.66. The highest BCUT2D eigenvalue weighted by molar-refractivity contribution is 7.19. The summed E-state index contributed by atoms with van der Waals surface area (Å²) in [5.74, 6) is -0.142. The van der Waals surface area contributed by atoms with Crippen LogP contribution in [0.4, 0.5) is 5.13 Å². The van der Waals surface area contributed by atoms with Gasteiger partial charge < -0.3 is 4.74 Å². The van der Waals surface area contributed by atoms with Crippen molar-refractivity contribution in [2.24, 2.45) is 0 Å². The Morgan fingerprint density at radius 3 is 2.91 bits per heavy atom. The van der Waals surface area contributed by atoms with Crippen molar-refractivity contribution in [3.63, 3.8) is 0 Å². The van der Waals surface area contributed by atoms with Gasteiger partial charge in [0.15, 0.2) is 5.13 Å². The molecule has 1 fully saturated rings. The Bertz CT molecular complexity index is 651. The van der Waals surface area contributed by atoms with Crippen molar-refractivity contribution in [1.82, 2.24) is 9.97 Å². The van der Waals surface area contributed by atoms with Gasteiger partial charge in [-0.1, -0.05) is 36.7 Å². The van der Waals surface area contributed by atoms with Gasteiger partial charge in [-0.2, -0.15) is 0 Å². The first kappa shape index (κ1) is 16.1. The second-order valence-corrected chi connectivity index (χ2v) is 6.77. The standard InChI is InChI=1S/C17H21N3O2S/c1-12-16(14-9-5-6-10-18-14)23-17(19-12)20-15(21)11-22-13-7-3-2-4-8-13/h5-6,9-10,13H,2-4,7-8,11H2,1H3,(H,19,20,21). The highest BCUT2D eigenvalue weighted by Crippen LogP contribution is 2.31. The van der Waals surface area contributed by atoms with Crippen molar-refractivity contribution in [1.29, 1.82) is 0 Å². The van der Waals surface area contributed by atoms with E-state index in [1.54, 1.807) is 6.20 Å². The fraction of sp³-hybridized carbons (Fsp3) is 0.471. The molecule has 0 spiro atoms. The molecule has 2 heterocycles. The number of carbonyl (C=O) groups is 1. The Hall–Kier alpha value is -1.79. The average Bonchev–Trinajstić information content (AvgIpc) is 2.95. The Labute approximate surface area is 140 Å². The number of nitrogens with zero attached hydrogens (tertiary/aromatic N) is 2. The van der Waals surface area contributed by atoms with Crippen molar-refractivity contribution in [3.05, 3.63) is 30.1 Å². The number of thiazole rings is 1. The molecule has 1 amide bonds. The summed E-state index contributed by atoms with van der Waals surface area (Å²) in [5.41, 5.74) is 1.75. The van der Waals surface area contributed by atoms with Crippen LogP contribution < -0.4 is 5.32 Å². The molecule has 122 valence electrons. The summed E-state index contributed by atoms with van der Waals surface area (Å²) >= 11 is 1.44. The lowest BCUT2D eigenvalue weighted by atomic mass is 9.98. The summed E-state index contributed by atoms with van der Waals surface area (Å²) in [5, 5.41) is 3.43. The van der Waals surface area contributed by atoms with Crippen LogP contribution in [-0.2, 0) is 9.53 Å². The quantitative estimate of drug-likeness (QED) is 0.905. The Kier molecular flexibility index (Phi) is 5.35. The van der Waals surface area contributed by atoms with E-state index in [0.717, 1.165) is 29.1 Å². The van der Waals surface area contributed by atoms with E-state index in [-0.39, 0.29) is 18.6 Å². The lowest BCUT2D eigenvalue weighted by molar-refractivity contribution is -0.123. The highest BCUT2D eigenvalue weighted by Gasteiger charge is 2.16. The zero-order chi connectivity index (χ0) is 16.1. The van der Waals surface area contributed by atoms with Crippen molar-refractivity contribution < 1.29 is 9.53 Å². The predicted molar refractivity (Wildman–Crippen MR) is 91.5 cm³/mol. The molecule has 23 heavy (non-hydrogen) atoms. The fourth-order valence-electron chi connectivity index (χ4n) is 2.77. The Balaban J connectivity index is 1.56. The number of pyridine rings is 1. The van der Waals surface area contributed by atoms with Gasteiger partial charge in [0.2, 0.25) is 0 Å². The van der Waals surface area contributed by atoms with E-state index in [2.05, 4.69) is 15.3 Å². The molecule has 0 saturated heterocycles. The molecule has 0 atom stereocenters. The number of rotatable bonds is 5. The van der Waals surface area contributed by atoms with Crippen molar-refractivity contribution in [2.45, 2.75) is 45.1 Å².